The largest absolute Gasteiger partial charge is 0.504 e. The molecule has 0 saturated carbocycles. The van der Waals surface area contributed by atoms with Crippen LogP contribution in [0.5, 0.6) is 11.5 Å². The van der Waals surface area contributed by atoms with Crippen LogP contribution < -0.4 is 0 Å². The lowest BCUT2D eigenvalue weighted by Crippen LogP contribution is -1.89. The summed E-state index contributed by atoms with van der Waals surface area (Å²) in [6, 6.07) is 13.1. The maximum atomic E-state index is 9.58. The predicted octanol–water partition coefficient (Wildman–Crippen LogP) is 3.85. The molecule has 0 fully saturated rings. The molecule has 3 rings (SSSR count). The highest BCUT2D eigenvalue weighted by molar-refractivity contribution is 5.93. The van der Waals surface area contributed by atoms with Crippen LogP contribution in [0.25, 0.3) is 16.5 Å². The molecule has 0 spiro atoms. The Bertz CT molecular complexity index is 830. The van der Waals surface area contributed by atoms with E-state index >= 15 is 0 Å². The highest BCUT2D eigenvalue weighted by atomic mass is 16.3. The summed E-state index contributed by atoms with van der Waals surface area (Å²) in [5.41, 5.74) is 4.18. The summed E-state index contributed by atoms with van der Waals surface area (Å²) in [5, 5.41) is 20.1. The second-order valence-corrected chi connectivity index (χ2v) is 5.27. The number of phenols is 2. The lowest BCUT2D eigenvalue weighted by atomic mass is 9.99. The lowest BCUT2D eigenvalue weighted by Gasteiger charge is -2.06. The zero-order valence-corrected chi connectivity index (χ0v) is 11.9. The van der Waals surface area contributed by atoms with Crippen molar-refractivity contribution in [2.45, 2.75) is 6.42 Å². The Hall–Kier alpha value is -2.68. The third-order valence-corrected chi connectivity index (χ3v) is 3.74. The second-order valence-electron chi connectivity index (χ2n) is 5.27. The van der Waals surface area contributed by atoms with Gasteiger partial charge in [-0.15, -0.1) is 0 Å². The average molecular weight is 279 g/mol. The van der Waals surface area contributed by atoms with Gasteiger partial charge in [0.25, 0.3) is 0 Å². The Morgan fingerprint density at radius 1 is 1.10 bits per heavy atom. The molecule has 2 aromatic carbocycles. The molecule has 0 aliphatic carbocycles. The fourth-order valence-electron chi connectivity index (χ4n) is 2.64. The number of nitrogens with zero attached hydrogens (tertiary/aromatic N) is 1. The fraction of sp³-hybridized carbons (Fsp3) is 0.111. The van der Waals surface area contributed by atoms with Crippen LogP contribution in [-0.4, -0.2) is 14.8 Å². The minimum absolute atomic E-state index is 0.0989. The van der Waals surface area contributed by atoms with Crippen LogP contribution in [0.3, 0.4) is 0 Å². The third kappa shape index (κ3) is 2.38. The van der Waals surface area contributed by atoms with Gasteiger partial charge >= 0.3 is 0 Å². The molecule has 1 aromatic heterocycles. The molecular formula is C18H17NO2. The van der Waals surface area contributed by atoms with Crippen molar-refractivity contribution in [1.82, 2.24) is 4.57 Å². The van der Waals surface area contributed by atoms with E-state index in [9.17, 15) is 10.2 Å². The van der Waals surface area contributed by atoms with Crippen LogP contribution >= 0.6 is 0 Å². The topological polar surface area (TPSA) is 45.4 Å². The Morgan fingerprint density at radius 2 is 1.86 bits per heavy atom. The lowest BCUT2D eigenvalue weighted by molar-refractivity contribution is 0.403. The van der Waals surface area contributed by atoms with Gasteiger partial charge in [0.15, 0.2) is 11.5 Å². The van der Waals surface area contributed by atoms with E-state index in [1.54, 1.807) is 12.1 Å². The van der Waals surface area contributed by atoms with Gasteiger partial charge in [0.2, 0.25) is 0 Å². The smallest absolute Gasteiger partial charge is 0.157 e. The first kappa shape index (κ1) is 13.3. The quantitative estimate of drug-likeness (QED) is 0.715. The Morgan fingerprint density at radius 3 is 2.62 bits per heavy atom. The zero-order valence-electron chi connectivity index (χ0n) is 11.9. The Balaban J connectivity index is 1.95. The molecule has 0 unspecified atom stereocenters. The zero-order chi connectivity index (χ0) is 15.0. The van der Waals surface area contributed by atoms with Gasteiger partial charge in [-0.25, -0.2) is 0 Å². The summed E-state index contributed by atoms with van der Waals surface area (Å²) in [4.78, 5) is 0. The highest BCUT2D eigenvalue weighted by Crippen LogP contribution is 2.30. The number of aryl methyl sites for hydroxylation is 1. The van der Waals surface area contributed by atoms with Gasteiger partial charge in [-0.05, 0) is 35.8 Å². The number of phenolic OH excluding ortho intramolecular Hbond substituents is 2. The minimum Gasteiger partial charge on any atom is -0.504 e. The number of para-hydroxylation sites is 1. The number of hydrogen-bond donors (Lipinski definition) is 2. The van der Waals surface area contributed by atoms with E-state index in [4.69, 9.17) is 0 Å². The number of fused-ring (bicyclic) bond motifs is 1. The number of aromatic nitrogens is 1. The van der Waals surface area contributed by atoms with Gasteiger partial charge in [-0.1, -0.05) is 30.8 Å². The van der Waals surface area contributed by atoms with E-state index in [-0.39, 0.29) is 11.5 Å². The molecule has 0 aliphatic rings. The molecule has 21 heavy (non-hydrogen) atoms. The van der Waals surface area contributed by atoms with Gasteiger partial charge < -0.3 is 14.8 Å². The Kier molecular flexibility index (Phi) is 3.18. The summed E-state index contributed by atoms with van der Waals surface area (Å²) in [5.74, 6) is -0.201. The highest BCUT2D eigenvalue weighted by Gasteiger charge is 2.10. The number of aromatic hydroxyl groups is 2. The van der Waals surface area contributed by atoms with Crippen molar-refractivity contribution in [3.8, 4) is 11.5 Å². The fourth-order valence-corrected chi connectivity index (χ4v) is 2.64. The summed E-state index contributed by atoms with van der Waals surface area (Å²) in [7, 11) is 2.02. The van der Waals surface area contributed by atoms with Gasteiger partial charge in [0.1, 0.15) is 0 Å². The van der Waals surface area contributed by atoms with Crippen molar-refractivity contribution >= 4 is 16.5 Å². The summed E-state index contributed by atoms with van der Waals surface area (Å²) >= 11 is 0. The molecule has 0 radical (unpaired) electrons. The molecule has 3 nitrogen and oxygen atoms in total. The number of rotatable bonds is 3. The normalized spacial score (nSPS) is 10.9. The van der Waals surface area contributed by atoms with E-state index in [2.05, 4.69) is 29.5 Å². The van der Waals surface area contributed by atoms with Crippen molar-refractivity contribution in [3.63, 3.8) is 0 Å². The van der Waals surface area contributed by atoms with E-state index in [1.807, 2.05) is 19.2 Å². The second kappa shape index (κ2) is 5.02. The molecule has 0 atom stereocenters. The maximum Gasteiger partial charge on any atom is 0.157 e. The molecule has 1 heterocycles. The van der Waals surface area contributed by atoms with Gasteiger partial charge in [-0.2, -0.15) is 0 Å². The van der Waals surface area contributed by atoms with Crippen molar-refractivity contribution in [1.29, 1.82) is 0 Å². The predicted molar refractivity (Wildman–Crippen MR) is 85.4 cm³/mol. The van der Waals surface area contributed by atoms with E-state index < -0.39 is 0 Å². The summed E-state index contributed by atoms with van der Waals surface area (Å²) < 4.78 is 2.09. The van der Waals surface area contributed by atoms with Crippen molar-refractivity contribution in [2.75, 3.05) is 0 Å². The first-order chi connectivity index (χ1) is 10.1. The molecular weight excluding hydrogens is 262 g/mol. The van der Waals surface area contributed by atoms with Crippen LogP contribution in [0, 0.1) is 0 Å². The van der Waals surface area contributed by atoms with Crippen molar-refractivity contribution < 1.29 is 10.2 Å². The summed E-state index contributed by atoms with van der Waals surface area (Å²) in [6.45, 7) is 4.18. The number of hydrogen-bond acceptors (Lipinski definition) is 2. The molecule has 3 heteroatoms. The monoisotopic (exact) mass is 279 g/mol. The summed E-state index contributed by atoms with van der Waals surface area (Å²) in [6.07, 6.45) is 2.70. The van der Waals surface area contributed by atoms with Crippen LogP contribution in [0.4, 0.5) is 0 Å². The Labute approximate surface area is 123 Å². The standard InChI is InChI=1S/C18H17NO2/c1-12(9-13-7-8-17(20)18(21)10-13)15-11-19(2)16-6-4-3-5-14(15)16/h3-8,10-11,20-21H,1,9H2,2H3. The first-order valence-corrected chi connectivity index (χ1v) is 6.79. The van der Waals surface area contributed by atoms with E-state index in [1.165, 1.54) is 17.0 Å². The van der Waals surface area contributed by atoms with Crippen LogP contribution in [0.2, 0.25) is 0 Å². The average Bonchev–Trinajstić information content (AvgIpc) is 2.81. The van der Waals surface area contributed by atoms with Crippen LogP contribution in [0.1, 0.15) is 11.1 Å². The first-order valence-electron chi connectivity index (χ1n) is 6.79. The van der Waals surface area contributed by atoms with Crippen LogP contribution in [0.15, 0.2) is 55.2 Å². The van der Waals surface area contributed by atoms with Crippen molar-refractivity contribution in [3.05, 3.63) is 66.4 Å². The minimum atomic E-state index is -0.102. The van der Waals surface area contributed by atoms with Gasteiger partial charge in [-0.3, -0.25) is 0 Å². The molecule has 0 bridgehead atoms. The van der Waals surface area contributed by atoms with Gasteiger partial charge in [0, 0.05) is 29.7 Å². The van der Waals surface area contributed by atoms with Crippen LogP contribution in [-0.2, 0) is 13.5 Å². The number of benzene rings is 2. The van der Waals surface area contributed by atoms with E-state index in [0.29, 0.717) is 6.42 Å². The molecule has 106 valence electrons. The number of allylic oxidation sites excluding steroid dienone is 1. The molecule has 3 aromatic rings. The molecule has 0 aliphatic heterocycles. The molecule has 0 amide bonds. The van der Waals surface area contributed by atoms with Gasteiger partial charge in [0.05, 0.1) is 0 Å². The third-order valence-electron chi connectivity index (χ3n) is 3.74. The van der Waals surface area contributed by atoms with Crippen molar-refractivity contribution in [2.24, 2.45) is 7.05 Å². The molecule has 0 saturated heterocycles. The SMILES string of the molecule is C=C(Cc1ccc(O)c(O)c1)c1cn(C)c2ccccc12. The molecule has 2 N–H and O–H groups in total. The maximum absolute atomic E-state index is 9.58. The van der Waals surface area contributed by atoms with E-state index in [0.717, 1.165) is 16.7 Å².